The molecule has 2 atom stereocenters. The van der Waals surface area contributed by atoms with Crippen LogP contribution in [0.5, 0.6) is 0 Å². The molecule has 2 aliphatic rings. The van der Waals surface area contributed by atoms with Crippen molar-refractivity contribution in [1.82, 2.24) is 0 Å². The molecule has 0 aromatic heterocycles. The van der Waals surface area contributed by atoms with Crippen molar-refractivity contribution in [3.63, 3.8) is 0 Å². The molecule has 2 saturated heterocycles. The number of benzene rings is 1. The van der Waals surface area contributed by atoms with Crippen molar-refractivity contribution in [2.45, 2.75) is 25.0 Å². The molecule has 2 heterocycles. The molecule has 0 saturated carbocycles. The maximum atomic E-state index is 5.43. The first kappa shape index (κ1) is 8.45. The number of rotatable bonds is 2. The predicted molar refractivity (Wildman–Crippen MR) is 53.1 cm³/mol. The average molecular weight is 190 g/mol. The van der Waals surface area contributed by atoms with E-state index in [1.807, 2.05) is 0 Å². The van der Waals surface area contributed by atoms with Crippen LogP contribution in [0.3, 0.4) is 0 Å². The fourth-order valence-electron chi connectivity index (χ4n) is 1.73. The Balaban J connectivity index is 1.99. The quantitative estimate of drug-likeness (QED) is 0.668. The van der Waals surface area contributed by atoms with Crippen LogP contribution in [0.15, 0.2) is 24.3 Å². The van der Waals surface area contributed by atoms with E-state index in [4.69, 9.17) is 9.47 Å². The minimum atomic E-state index is -0.0265. The summed E-state index contributed by atoms with van der Waals surface area (Å²) in [7, 11) is 0. The molecular formula is C12H14O2. The van der Waals surface area contributed by atoms with Crippen LogP contribution in [0.25, 0.3) is 0 Å². The Bertz CT molecular complexity index is 342. The van der Waals surface area contributed by atoms with E-state index in [1.165, 1.54) is 11.1 Å². The van der Waals surface area contributed by atoms with Gasteiger partial charge in [0.15, 0.2) is 0 Å². The second-order valence-electron chi connectivity index (χ2n) is 4.62. The highest BCUT2D eigenvalue weighted by Gasteiger charge is 2.44. The summed E-state index contributed by atoms with van der Waals surface area (Å²) in [6.45, 7) is 5.94. The molecule has 0 aliphatic carbocycles. The fourth-order valence-corrected chi connectivity index (χ4v) is 1.73. The number of ether oxygens (including phenoxy) is 2. The van der Waals surface area contributed by atoms with E-state index in [1.54, 1.807) is 0 Å². The van der Waals surface area contributed by atoms with Gasteiger partial charge in [-0.15, -0.1) is 0 Å². The fraction of sp³-hybridized carbons (Fsp3) is 0.500. The molecule has 2 heteroatoms. The van der Waals surface area contributed by atoms with Crippen molar-refractivity contribution >= 4 is 0 Å². The third-order valence-electron chi connectivity index (χ3n) is 3.24. The van der Waals surface area contributed by atoms with Gasteiger partial charge in [-0.3, -0.25) is 0 Å². The largest absolute Gasteiger partial charge is 0.365 e. The lowest BCUT2D eigenvalue weighted by Gasteiger charge is -2.10. The molecule has 0 radical (unpaired) electrons. The summed E-state index contributed by atoms with van der Waals surface area (Å²) in [6, 6.07) is 8.55. The molecule has 2 aliphatic heterocycles. The van der Waals surface area contributed by atoms with Crippen molar-refractivity contribution < 1.29 is 9.47 Å². The lowest BCUT2D eigenvalue weighted by molar-refractivity contribution is 0.322. The lowest BCUT2D eigenvalue weighted by atomic mass is 9.95. The first-order chi connectivity index (χ1) is 6.62. The van der Waals surface area contributed by atoms with Crippen LogP contribution in [0.2, 0.25) is 0 Å². The van der Waals surface area contributed by atoms with Gasteiger partial charge in [0, 0.05) is 0 Å². The maximum Gasteiger partial charge on any atom is 0.114 e. The van der Waals surface area contributed by atoms with E-state index in [-0.39, 0.29) is 11.2 Å². The Morgan fingerprint density at radius 3 is 1.79 bits per heavy atom. The lowest BCUT2D eigenvalue weighted by Crippen LogP contribution is -2.07. The summed E-state index contributed by atoms with van der Waals surface area (Å²) < 4.78 is 10.9. The molecular weight excluding hydrogens is 176 g/mol. The molecule has 2 unspecified atom stereocenters. The minimum Gasteiger partial charge on any atom is -0.365 e. The third-order valence-corrected chi connectivity index (χ3v) is 3.24. The van der Waals surface area contributed by atoms with E-state index >= 15 is 0 Å². The monoisotopic (exact) mass is 190 g/mol. The molecule has 2 nitrogen and oxygen atoms in total. The molecule has 1 aromatic carbocycles. The van der Waals surface area contributed by atoms with E-state index < -0.39 is 0 Å². The molecule has 0 spiro atoms. The van der Waals surface area contributed by atoms with Crippen LogP contribution >= 0.6 is 0 Å². The van der Waals surface area contributed by atoms with Crippen LogP contribution in [-0.4, -0.2) is 13.2 Å². The van der Waals surface area contributed by atoms with Gasteiger partial charge in [-0.1, -0.05) is 18.2 Å². The highest BCUT2D eigenvalue weighted by molar-refractivity contribution is 5.35. The number of epoxide rings is 2. The second-order valence-corrected chi connectivity index (χ2v) is 4.62. The van der Waals surface area contributed by atoms with Gasteiger partial charge in [0.05, 0.1) is 13.2 Å². The zero-order valence-corrected chi connectivity index (χ0v) is 8.54. The third kappa shape index (κ3) is 1.18. The SMILES string of the molecule is CC1(c2cccc(C3(C)CO3)c2)CO1. The first-order valence-electron chi connectivity index (χ1n) is 5.01. The Morgan fingerprint density at radius 2 is 1.43 bits per heavy atom. The smallest absolute Gasteiger partial charge is 0.114 e. The molecule has 1 aromatic rings. The molecule has 0 N–H and O–H groups in total. The zero-order valence-electron chi connectivity index (χ0n) is 8.54. The summed E-state index contributed by atoms with van der Waals surface area (Å²) in [5.74, 6) is 0. The van der Waals surface area contributed by atoms with Gasteiger partial charge in [-0.05, 0) is 31.0 Å². The standard InChI is InChI=1S/C12H14O2/c1-11(7-13-11)9-4-3-5-10(6-9)12(2)8-14-12/h3-6H,7-8H2,1-2H3. The molecule has 74 valence electrons. The zero-order chi connectivity index (χ0) is 9.81. The number of hydrogen-bond acceptors (Lipinski definition) is 2. The molecule has 0 bridgehead atoms. The highest BCUT2D eigenvalue weighted by Crippen LogP contribution is 2.42. The van der Waals surface area contributed by atoms with Gasteiger partial charge in [0.25, 0.3) is 0 Å². The van der Waals surface area contributed by atoms with Crippen LogP contribution in [0.1, 0.15) is 25.0 Å². The normalized spacial score (nSPS) is 39.6. The van der Waals surface area contributed by atoms with E-state index in [2.05, 4.69) is 38.1 Å². The summed E-state index contributed by atoms with van der Waals surface area (Å²) >= 11 is 0. The molecule has 0 amide bonds. The van der Waals surface area contributed by atoms with E-state index in [9.17, 15) is 0 Å². The molecule has 14 heavy (non-hydrogen) atoms. The van der Waals surface area contributed by atoms with Gasteiger partial charge in [-0.2, -0.15) is 0 Å². The summed E-state index contributed by atoms with van der Waals surface area (Å²) in [4.78, 5) is 0. The van der Waals surface area contributed by atoms with Crippen LogP contribution in [-0.2, 0) is 20.7 Å². The first-order valence-corrected chi connectivity index (χ1v) is 5.01. The number of hydrogen-bond donors (Lipinski definition) is 0. The Hall–Kier alpha value is -0.860. The van der Waals surface area contributed by atoms with Gasteiger partial charge >= 0.3 is 0 Å². The van der Waals surface area contributed by atoms with E-state index in [0.29, 0.717) is 0 Å². The Labute approximate surface area is 83.8 Å². The van der Waals surface area contributed by atoms with Crippen molar-refractivity contribution in [2.24, 2.45) is 0 Å². The summed E-state index contributed by atoms with van der Waals surface area (Å²) in [6.07, 6.45) is 0. The highest BCUT2D eigenvalue weighted by atomic mass is 16.6. The van der Waals surface area contributed by atoms with Crippen molar-refractivity contribution in [3.8, 4) is 0 Å². The van der Waals surface area contributed by atoms with Crippen molar-refractivity contribution in [2.75, 3.05) is 13.2 Å². The maximum absolute atomic E-state index is 5.43. The molecule has 3 rings (SSSR count). The molecule has 2 fully saturated rings. The average Bonchev–Trinajstić information content (AvgIpc) is 3.08. The van der Waals surface area contributed by atoms with Crippen LogP contribution in [0, 0.1) is 0 Å². The predicted octanol–water partition coefficient (Wildman–Crippen LogP) is 2.18. The second kappa shape index (κ2) is 2.38. The van der Waals surface area contributed by atoms with Crippen molar-refractivity contribution in [1.29, 1.82) is 0 Å². The summed E-state index contributed by atoms with van der Waals surface area (Å²) in [5, 5.41) is 0. The Morgan fingerprint density at radius 1 is 1.00 bits per heavy atom. The van der Waals surface area contributed by atoms with Gasteiger partial charge in [-0.25, -0.2) is 0 Å². The van der Waals surface area contributed by atoms with Crippen LogP contribution < -0.4 is 0 Å². The van der Waals surface area contributed by atoms with Gasteiger partial charge in [0.1, 0.15) is 11.2 Å². The summed E-state index contributed by atoms with van der Waals surface area (Å²) in [5.41, 5.74) is 2.49. The van der Waals surface area contributed by atoms with Crippen molar-refractivity contribution in [3.05, 3.63) is 35.4 Å². The van der Waals surface area contributed by atoms with Gasteiger partial charge < -0.3 is 9.47 Å². The van der Waals surface area contributed by atoms with E-state index in [0.717, 1.165) is 13.2 Å². The topological polar surface area (TPSA) is 25.1 Å². The van der Waals surface area contributed by atoms with Crippen LogP contribution in [0.4, 0.5) is 0 Å². The Kier molecular flexibility index (Phi) is 1.44. The van der Waals surface area contributed by atoms with Gasteiger partial charge in [0.2, 0.25) is 0 Å². The minimum absolute atomic E-state index is 0.0265.